The van der Waals surface area contributed by atoms with E-state index >= 15 is 0 Å². The van der Waals surface area contributed by atoms with Crippen molar-refractivity contribution in [2.75, 3.05) is 13.2 Å². The summed E-state index contributed by atoms with van der Waals surface area (Å²) >= 11 is 0. The molecular formula is C9H17NO2. The molecule has 0 saturated carbocycles. The molecule has 0 spiro atoms. The van der Waals surface area contributed by atoms with Gasteiger partial charge >= 0.3 is 0 Å². The molecule has 0 aliphatic carbocycles. The van der Waals surface area contributed by atoms with Crippen molar-refractivity contribution >= 4 is 0 Å². The summed E-state index contributed by atoms with van der Waals surface area (Å²) in [6.45, 7) is 5.52. The Hall–Kier alpha value is -0.120. The second-order valence-electron chi connectivity index (χ2n) is 4.35. The lowest BCUT2D eigenvalue weighted by atomic mass is 9.93. The van der Waals surface area contributed by atoms with Crippen molar-refractivity contribution in [2.45, 2.75) is 44.6 Å². The Morgan fingerprint density at radius 2 is 2.17 bits per heavy atom. The van der Waals surface area contributed by atoms with Gasteiger partial charge in [-0.1, -0.05) is 0 Å². The minimum atomic E-state index is -0.723. The summed E-state index contributed by atoms with van der Waals surface area (Å²) in [6, 6.07) is 0.676. The van der Waals surface area contributed by atoms with Crippen LogP contribution < -0.4 is 0 Å². The van der Waals surface area contributed by atoms with Crippen molar-refractivity contribution < 1.29 is 9.84 Å². The van der Waals surface area contributed by atoms with Crippen molar-refractivity contribution in [3.63, 3.8) is 0 Å². The van der Waals surface area contributed by atoms with E-state index in [0.717, 1.165) is 19.6 Å². The van der Waals surface area contributed by atoms with Crippen LogP contribution in [-0.2, 0) is 4.74 Å². The molecule has 1 N–H and O–H groups in total. The smallest absolute Gasteiger partial charge is 0.139 e. The molecule has 0 aromatic carbocycles. The Bertz CT molecular complexity index is 176. The van der Waals surface area contributed by atoms with E-state index in [1.807, 2.05) is 13.8 Å². The fourth-order valence-corrected chi connectivity index (χ4v) is 2.10. The maximum atomic E-state index is 9.80. The van der Waals surface area contributed by atoms with Crippen molar-refractivity contribution in [3.05, 3.63) is 0 Å². The first-order chi connectivity index (χ1) is 5.59. The normalized spacial score (nSPS) is 37.2. The first-order valence-electron chi connectivity index (χ1n) is 4.69. The van der Waals surface area contributed by atoms with Gasteiger partial charge in [0.1, 0.15) is 6.23 Å². The third-order valence-corrected chi connectivity index (χ3v) is 2.82. The van der Waals surface area contributed by atoms with Crippen LogP contribution in [0.3, 0.4) is 0 Å². The van der Waals surface area contributed by atoms with Gasteiger partial charge in [0.2, 0.25) is 0 Å². The fraction of sp³-hybridized carbons (Fsp3) is 1.00. The number of ether oxygens (including phenoxy) is 1. The lowest BCUT2D eigenvalue weighted by Crippen LogP contribution is -2.64. The second-order valence-corrected chi connectivity index (χ2v) is 4.35. The molecule has 2 fully saturated rings. The number of hydrogen-bond acceptors (Lipinski definition) is 3. The van der Waals surface area contributed by atoms with E-state index < -0.39 is 5.60 Å². The van der Waals surface area contributed by atoms with E-state index in [4.69, 9.17) is 4.74 Å². The number of fused-ring (bicyclic) bond motifs is 1. The molecule has 12 heavy (non-hydrogen) atoms. The minimum absolute atomic E-state index is 0.0787. The van der Waals surface area contributed by atoms with Crippen molar-refractivity contribution in [1.82, 2.24) is 4.90 Å². The number of hydrogen-bond donors (Lipinski definition) is 1. The first-order valence-corrected chi connectivity index (χ1v) is 4.69. The molecule has 2 rings (SSSR count). The quantitative estimate of drug-likeness (QED) is 0.626. The lowest BCUT2D eigenvalue weighted by molar-refractivity contribution is -0.228. The summed E-state index contributed by atoms with van der Waals surface area (Å²) in [6.07, 6.45) is 2.33. The van der Waals surface area contributed by atoms with E-state index in [1.54, 1.807) is 0 Å². The molecule has 2 unspecified atom stereocenters. The van der Waals surface area contributed by atoms with Gasteiger partial charge in [0.05, 0.1) is 12.2 Å². The highest BCUT2D eigenvalue weighted by atomic mass is 16.5. The molecule has 2 aliphatic rings. The molecule has 2 atom stereocenters. The summed E-state index contributed by atoms with van der Waals surface area (Å²) in [5.41, 5.74) is -0.723. The molecule has 2 heterocycles. The van der Waals surface area contributed by atoms with Gasteiger partial charge in [-0.3, -0.25) is 4.90 Å². The Balaban J connectivity index is 2.05. The largest absolute Gasteiger partial charge is 0.386 e. The molecule has 0 amide bonds. The molecule has 3 heteroatoms. The number of aliphatic hydroxyl groups is 1. The van der Waals surface area contributed by atoms with Crippen molar-refractivity contribution in [1.29, 1.82) is 0 Å². The molecule has 2 aliphatic heterocycles. The zero-order valence-corrected chi connectivity index (χ0v) is 7.79. The van der Waals surface area contributed by atoms with Crippen LogP contribution in [0.2, 0.25) is 0 Å². The number of rotatable bonds is 1. The molecule has 0 aromatic heterocycles. The van der Waals surface area contributed by atoms with Gasteiger partial charge in [-0.15, -0.1) is 0 Å². The van der Waals surface area contributed by atoms with Gasteiger partial charge in [0.25, 0.3) is 0 Å². The summed E-state index contributed by atoms with van der Waals surface area (Å²) in [4.78, 5) is 2.27. The van der Waals surface area contributed by atoms with Gasteiger partial charge < -0.3 is 9.84 Å². The van der Waals surface area contributed by atoms with Crippen LogP contribution in [0, 0.1) is 0 Å². The minimum Gasteiger partial charge on any atom is -0.386 e. The molecule has 0 bridgehead atoms. The molecule has 70 valence electrons. The highest BCUT2D eigenvalue weighted by Crippen LogP contribution is 2.32. The topological polar surface area (TPSA) is 32.7 Å². The average molecular weight is 171 g/mol. The van der Waals surface area contributed by atoms with Crippen molar-refractivity contribution in [2.24, 2.45) is 0 Å². The molecule has 2 saturated heterocycles. The maximum absolute atomic E-state index is 9.80. The monoisotopic (exact) mass is 171 g/mol. The van der Waals surface area contributed by atoms with Gasteiger partial charge in [0.15, 0.2) is 0 Å². The Morgan fingerprint density at radius 1 is 1.42 bits per heavy atom. The van der Waals surface area contributed by atoms with Crippen LogP contribution in [0.4, 0.5) is 0 Å². The fourth-order valence-electron chi connectivity index (χ4n) is 2.10. The van der Waals surface area contributed by atoms with Gasteiger partial charge in [-0.25, -0.2) is 0 Å². The van der Waals surface area contributed by atoms with Gasteiger partial charge in [-0.2, -0.15) is 0 Å². The summed E-state index contributed by atoms with van der Waals surface area (Å²) < 4.78 is 5.55. The van der Waals surface area contributed by atoms with Crippen LogP contribution in [-0.4, -0.2) is 41.0 Å². The Kier molecular flexibility index (Phi) is 1.90. The Labute approximate surface area is 73.3 Å². The molecular weight excluding hydrogens is 154 g/mol. The first kappa shape index (κ1) is 8.48. The van der Waals surface area contributed by atoms with Crippen LogP contribution in [0.5, 0.6) is 0 Å². The van der Waals surface area contributed by atoms with E-state index in [-0.39, 0.29) is 6.23 Å². The van der Waals surface area contributed by atoms with E-state index in [9.17, 15) is 5.11 Å². The summed E-state index contributed by atoms with van der Waals surface area (Å²) in [5, 5.41) is 9.80. The predicted molar refractivity (Wildman–Crippen MR) is 45.8 cm³/mol. The van der Waals surface area contributed by atoms with Crippen LogP contribution in [0.25, 0.3) is 0 Å². The van der Waals surface area contributed by atoms with Crippen LogP contribution in [0.1, 0.15) is 26.7 Å². The molecule has 0 aromatic rings. The highest BCUT2D eigenvalue weighted by molar-refractivity contribution is 4.93. The third-order valence-electron chi connectivity index (χ3n) is 2.82. The number of nitrogens with zero attached hydrogens (tertiary/aromatic N) is 1. The van der Waals surface area contributed by atoms with E-state index in [2.05, 4.69) is 4.90 Å². The summed E-state index contributed by atoms with van der Waals surface area (Å²) in [7, 11) is 0. The van der Waals surface area contributed by atoms with Crippen LogP contribution in [0.15, 0.2) is 0 Å². The average Bonchev–Trinajstić information content (AvgIpc) is 1.88. The SMILES string of the molecule is CC(C)(O)C1OCCC2CCN21. The highest BCUT2D eigenvalue weighted by Gasteiger charge is 2.44. The van der Waals surface area contributed by atoms with Crippen molar-refractivity contribution in [3.8, 4) is 0 Å². The van der Waals surface area contributed by atoms with Crippen LogP contribution >= 0.6 is 0 Å². The molecule has 3 nitrogen and oxygen atoms in total. The standard InChI is InChI=1S/C9H17NO2/c1-9(2,11)8-10-5-3-7(10)4-6-12-8/h7-8,11H,3-6H2,1-2H3. The Morgan fingerprint density at radius 3 is 2.58 bits per heavy atom. The molecule has 0 radical (unpaired) electrons. The summed E-state index contributed by atoms with van der Waals surface area (Å²) in [5.74, 6) is 0. The zero-order valence-electron chi connectivity index (χ0n) is 7.79. The maximum Gasteiger partial charge on any atom is 0.139 e. The van der Waals surface area contributed by atoms with Gasteiger partial charge in [-0.05, 0) is 26.7 Å². The van der Waals surface area contributed by atoms with E-state index in [1.165, 1.54) is 6.42 Å². The lowest BCUT2D eigenvalue weighted by Gasteiger charge is -2.52. The third kappa shape index (κ3) is 1.26. The predicted octanol–water partition coefficient (Wildman–Crippen LogP) is 0.578. The zero-order chi connectivity index (χ0) is 8.77. The van der Waals surface area contributed by atoms with E-state index in [0.29, 0.717) is 6.04 Å². The van der Waals surface area contributed by atoms with Gasteiger partial charge in [0, 0.05) is 12.6 Å². The second kappa shape index (κ2) is 2.69.